The van der Waals surface area contributed by atoms with Crippen LogP contribution in [0.15, 0.2) is 0 Å². The van der Waals surface area contributed by atoms with Crippen LogP contribution < -0.4 is 0 Å². The molecule has 0 spiro atoms. The molecular weight excluding hydrogens is 168 g/mol. The molecule has 0 amide bonds. The molecule has 0 fully saturated rings. The van der Waals surface area contributed by atoms with Crippen LogP contribution in [0.3, 0.4) is 0 Å². The van der Waals surface area contributed by atoms with Crippen molar-refractivity contribution in [3.63, 3.8) is 0 Å². The fourth-order valence-corrected chi connectivity index (χ4v) is 0.465. The quantitative estimate of drug-likeness (QED) is 0.408. The van der Waals surface area contributed by atoms with E-state index in [2.05, 4.69) is 0 Å². The van der Waals surface area contributed by atoms with Gasteiger partial charge in [-0.15, -0.1) is 17.6 Å². The topological polar surface area (TPSA) is 45.6 Å². The Balaban J connectivity index is 0. The van der Waals surface area contributed by atoms with Gasteiger partial charge < -0.3 is 0 Å². The van der Waals surface area contributed by atoms with Crippen LogP contribution in [0, 0.1) is 5.41 Å². The average Bonchev–Trinajstić information content (AvgIpc) is 1.87. The maximum Gasteiger partial charge on any atom is 0.149 e. The number of hydrogen-bond donors (Lipinski definition) is 1. The fourth-order valence-electron chi connectivity index (χ4n) is 0.465. The minimum atomic E-state index is 0. The van der Waals surface area contributed by atoms with Gasteiger partial charge in [0.05, 0.1) is 13.2 Å². The fraction of sp³-hybridized carbons (Fsp3) is 0.833. The molecule has 0 saturated heterocycles. The lowest BCUT2D eigenvalue weighted by molar-refractivity contribution is -0.313. The summed E-state index contributed by atoms with van der Waals surface area (Å²) in [6.07, 6.45) is 0. The van der Waals surface area contributed by atoms with Crippen molar-refractivity contribution in [1.29, 1.82) is 5.41 Å². The minimum Gasteiger partial charge on any atom is -0.285 e. The SMILES string of the molecule is CCON(OCC)C(C)=N.Cl. The van der Waals surface area contributed by atoms with E-state index in [1.807, 2.05) is 13.8 Å². The first-order valence-corrected chi connectivity index (χ1v) is 3.33. The van der Waals surface area contributed by atoms with Gasteiger partial charge >= 0.3 is 0 Å². The molecule has 0 bridgehead atoms. The van der Waals surface area contributed by atoms with Crippen LogP contribution in [0.25, 0.3) is 0 Å². The van der Waals surface area contributed by atoms with Gasteiger partial charge in [-0.1, -0.05) is 0 Å². The Kier molecular flexibility index (Phi) is 9.40. The predicted octanol–water partition coefficient (Wildman–Crippen LogP) is 1.61. The van der Waals surface area contributed by atoms with Crippen molar-refractivity contribution < 1.29 is 9.68 Å². The van der Waals surface area contributed by atoms with Crippen LogP contribution in [0.1, 0.15) is 20.8 Å². The maximum atomic E-state index is 7.13. The summed E-state index contributed by atoms with van der Waals surface area (Å²) in [5, 5.41) is 8.25. The number of halogens is 1. The lowest BCUT2D eigenvalue weighted by atomic mass is 10.7. The van der Waals surface area contributed by atoms with Gasteiger partial charge in [0.2, 0.25) is 0 Å². The molecule has 0 aliphatic carbocycles. The molecule has 0 aromatic heterocycles. The predicted molar refractivity (Wildman–Crippen MR) is 45.7 cm³/mol. The molecule has 0 aromatic carbocycles. The summed E-state index contributed by atoms with van der Waals surface area (Å²) >= 11 is 0. The highest BCUT2D eigenvalue weighted by molar-refractivity contribution is 5.85. The molecule has 4 nitrogen and oxygen atoms in total. The molecule has 1 N–H and O–H groups in total. The van der Waals surface area contributed by atoms with Gasteiger partial charge in [-0.2, -0.15) is 0 Å². The zero-order valence-corrected chi connectivity index (χ0v) is 7.90. The lowest BCUT2D eigenvalue weighted by Gasteiger charge is -2.18. The van der Waals surface area contributed by atoms with Crippen LogP contribution in [0.2, 0.25) is 0 Å². The molecule has 0 unspecified atom stereocenters. The largest absolute Gasteiger partial charge is 0.285 e. The molecule has 0 aliphatic heterocycles. The lowest BCUT2D eigenvalue weighted by Crippen LogP contribution is -2.28. The van der Waals surface area contributed by atoms with Gasteiger partial charge in [-0.25, -0.2) is 9.68 Å². The first-order chi connectivity index (χ1) is 4.72. The zero-order valence-electron chi connectivity index (χ0n) is 7.09. The van der Waals surface area contributed by atoms with Gasteiger partial charge in [0.1, 0.15) is 5.84 Å². The maximum absolute atomic E-state index is 7.13. The highest BCUT2D eigenvalue weighted by Gasteiger charge is 2.02. The van der Waals surface area contributed by atoms with Gasteiger partial charge in [0, 0.05) is 0 Å². The summed E-state index contributed by atoms with van der Waals surface area (Å²) in [4.78, 5) is 9.86. The van der Waals surface area contributed by atoms with E-state index in [1.54, 1.807) is 6.92 Å². The number of hydroxylamine groups is 2. The molecule has 11 heavy (non-hydrogen) atoms. The molecule has 0 aromatic rings. The van der Waals surface area contributed by atoms with Crippen LogP contribution >= 0.6 is 12.4 Å². The number of nitrogens with one attached hydrogen (secondary N) is 1. The van der Waals surface area contributed by atoms with Crippen molar-refractivity contribution in [3.05, 3.63) is 0 Å². The second-order valence-corrected chi connectivity index (χ2v) is 1.68. The second-order valence-electron chi connectivity index (χ2n) is 1.68. The normalized spacial score (nSPS) is 8.64. The third-order valence-corrected chi connectivity index (χ3v) is 0.767. The molecule has 0 rings (SSSR count). The van der Waals surface area contributed by atoms with Crippen molar-refractivity contribution in [1.82, 2.24) is 5.23 Å². The average molecular weight is 183 g/mol. The van der Waals surface area contributed by atoms with Crippen molar-refractivity contribution in [2.24, 2.45) is 0 Å². The van der Waals surface area contributed by atoms with E-state index < -0.39 is 0 Å². The van der Waals surface area contributed by atoms with Crippen LogP contribution in [-0.2, 0) is 9.68 Å². The van der Waals surface area contributed by atoms with Crippen molar-refractivity contribution >= 4 is 18.2 Å². The summed E-state index contributed by atoms with van der Waals surface area (Å²) in [5.74, 6) is 0.253. The second kappa shape index (κ2) is 7.78. The van der Waals surface area contributed by atoms with E-state index in [9.17, 15) is 0 Å². The molecular formula is C6H15ClN2O2. The summed E-state index contributed by atoms with van der Waals surface area (Å²) < 4.78 is 0. The summed E-state index contributed by atoms with van der Waals surface area (Å²) in [5.41, 5.74) is 0. The molecule has 5 heteroatoms. The summed E-state index contributed by atoms with van der Waals surface area (Å²) in [6.45, 7) is 6.31. The van der Waals surface area contributed by atoms with Crippen LogP contribution in [0.5, 0.6) is 0 Å². The van der Waals surface area contributed by atoms with E-state index >= 15 is 0 Å². The number of rotatable bonds is 4. The van der Waals surface area contributed by atoms with Gasteiger partial charge in [-0.05, 0) is 20.8 Å². The van der Waals surface area contributed by atoms with Gasteiger partial charge in [0.25, 0.3) is 0 Å². The number of nitrogens with zero attached hydrogens (tertiary/aromatic N) is 1. The Hall–Kier alpha value is -0.320. The third-order valence-electron chi connectivity index (χ3n) is 0.767. The molecule has 0 atom stereocenters. The third kappa shape index (κ3) is 6.09. The Morgan fingerprint density at radius 1 is 1.27 bits per heavy atom. The highest BCUT2D eigenvalue weighted by atomic mass is 35.5. The smallest absolute Gasteiger partial charge is 0.149 e. The Labute approximate surface area is 73.3 Å². The minimum absolute atomic E-state index is 0. The van der Waals surface area contributed by atoms with E-state index in [1.165, 1.54) is 0 Å². The van der Waals surface area contributed by atoms with Gasteiger partial charge in [0.15, 0.2) is 0 Å². The molecule has 0 saturated carbocycles. The Morgan fingerprint density at radius 2 is 1.64 bits per heavy atom. The molecule has 0 radical (unpaired) electrons. The summed E-state index contributed by atoms with van der Waals surface area (Å²) in [7, 11) is 0. The Morgan fingerprint density at radius 3 is 1.82 bits per heavy atom. The first-order valence-electron chi connectivity index (χ1n) is 3.33. The summed E-state index contributed by atoms with van der Waals surface area (Å²) in [6, 6.07) is 0. The van der Waals surface area contributed by atoms with Crippen LogP contribution in [-0.4, -0.2) is 24.3 Å². The molecule has 68 valence electrons. The monoisotopic (exact) mass is 182 g/mol. The Bertz CT molecular complexity index is 105. The first kappa shape index (κ1) is 13.3. The molecule has 0 heterocycles. The van der Waals surface area contributed by atoms with Crippen molar-refractivity contribution in [2.75, 3.05) is 13.2 Å². The highest BCUT2D eigenvalue weighted by Crippen LogP contribution is 1.92. The zero-order chi connectivity index (χ0) is 7.98. The van der Waals surface area contributed by atoms with E-state index in [0.29, 0.717) is 13.2 Å². The number of hydrogen-bond acceptors (Lipinski definition) is 3. The van der Waals surface area contributed by atoms with E-state index in [0.717, 1.165) is 5.23 Å². The van der Waals surface area contributed by atoms with Crippen LogP contribution in [0.4, 0.5) is 0 Å². The van der Waals surface area contributed by atoms with E-state index in [4.69, 9.17) is 15.1 Å². The standard InChI is InChI=1S/C6H14N2O2.ClH/c1-4-9-8(6(3)7)10-5-2;/h7H,4-5H2,1-3H3;1H. The number of amidine groups is 1. The molecule has 0 aliphatic rings. The van der Waals surface area contributed by atoms with Crippen molar-refractivity contribution in [2.45, 2.75) is 20.8 Å². The van der Waals surface area contributed by atoms with E-state index in [-0.39, 0.29) is 18.2 Å². The van der Waals surface area contributed by atoms with Crippen molar-refractivity contribution in [3.8, 4) is 0 Å². The van der Waals surface area contributed by atoms with Gasteiger partial charge in [-0.3, -0.25) is 5.41 Å².